The minimum atomic E-state index is -3.64. The summed E-state index contributed by atoms with van der Waals surface area (Å²) in [6.07, 6.45) is 3.46. The molecule has 0 aliphatic carbocycles. The Balaban J connectivity index is 2.34. The minimum Gasteiger partial charge on any atom is -0.493 e. The van der Waals surface area contributed by atoms with Gasteiger partial charge < -0.3 is 9.47 Å². The molecule has 23 heavy (non-hydrogen) atoms. The fraction of sp³-hybridized carbons (Fsp3) is 0.400. The van der Waals surface area contributed by atoms with E-state index in [0.717, 1.165) is 5.56 Å². The van der Waals surface area contributed by atoms with Gasteiger partial charge in [-0.3, -0.25) is 4.68 Å². The number of hydrogen-bond acceptors (Lipinski definition) is 5. The number of nitrogens with zero attached hydrogens (tertiary/aromatic N) is 3. The zero-order chi connectivity index (χ0) is 17.0. The number of hydrogen-bond donors (Lipinski definition) is 0. The highest BCUT2D eigenvalue weighted by atomic mass is 32.2. The van der Waals surface area contributed by atoms with E-state index in [2.05, 4.69) is 5.10 Å². The highest BCUT2D eigenvalue weighted by Crippen LogP contribution is 2.30. The molecule has 1 aromatic carbocycles. The van der Waals surface area contributed by atoms with E-state index in [9.17, 15) is 8.42 Å². The highest BCUT2D eigenvalue weighted by Gasteiger charge is 2.25. The molecule has 2 rings (SSSR count). The minimum absolute atomic E-state index is 0.167. The maximum absolute atomic E-state index is 12.8. The second-order valence-corrected chi connectivity index (χ2v) is 6.91. The van der Waals surface area contributed by atoms with Gasteiger partial charge in [-0.2, -0.15) is 9.40 Å². The molecular weight excluding hydrogens is 318 g/mol. The van der Waals surface area contributed by atoms with Crippen LogP contribution in [0.15, 0.2) is 35.5 Å². The Labute approximate surface area is 136 Å². The van der Waals surface area contributed by atoms with Crippen molar-refractivity contribution in [1.29, 1.82) is 0 Å². The Hall–Kier alpha value is -2.06. The summed E-state index contributed by atoms with van der Waals surface area (Å²) in [4.78, 5) is 0.167. The molecule has 0 N–H and O–H groups in total. The van der Waals surface area contributed by atoms with E-state index in [1.807, 2.05) is 0 Å². The van der Waals surface area contributed by atoms with Crippen LogP contribution in [0.1, 0.15) is 12.5 Å². The van der Waals surface area contributed by atoms with Crippen LogP contribution in [-0.2, 0) is 23.6 Å². The van der Waals surface area contributed by atoms with Gasteiger partial charge in [0.2, 0.25) is 10.0 Å². The van der Waals surface area contributed by atoms with Crippen molar-refractivity contribution in [3.8, 4) is 11.5 Å². The largest absolute Gasteiger partial charge is 0.493 e. The first kappa shape index (κ1) is 17.3. The second-order valence-electron chi connectivity index (χ2n) is 4.97. The van der Waals surface area contributed by atoms with Crippen molar-refractivity contribution in [2.75, 3.05) is 20.8 Å². The number of sulfonamides is 1. The van der Waals surface area contributed by atoms with Crippen LogP contribution in [0.2, 0.25) is 0 Å². The third-order valence-electron chi connectivity index (χ3n) is 3.46. The van der Waals surface area contributed by atoms with E-state index in [1.54, 1.807) is 37.1 Å². The number of methoxy groups -OCH3 is 2. The van der Waals surface area contributed by atoms with Crippen LogP contribution in [-0.4, -0.2) is 43.3 Å². The van der Waals surface area contributed by atoms with Gasteiger partial charge in [0.1, 0.15) is 0 Å². The Bertz CT molecular complexity index is 771. The fourth-order valence-corrected chi connectivity index (χ4v) is 3.70. The second kappa shape index (κ2) is 7.01. The number of benzene rings is 1. The summed E-state index contributed by atoms with van der Waals surface area (Å²) < 4.78 is 39.1. The van der Waals surface area contributed by atoms with E-state index < -0.39 is 10.0 Å². The summed E-state index contributed by atoms with van der Waals surface area (Å²) in [6.45, 7) is 2.42. The molecule has 0 amide bonds. The number of aryl methyl sites for hydroxylation is 1. The van der Waals surface area contributed by atoms with Crippen molar-refractivity contribution in [2.24, 2.45) is 7.05 Å². The molecular formula is C15H21N3O4S. The summed E-state index contributed by atoms with van der Waals surface area (Å²) >= 11 is 0. The lowest BCUT2D eigenvalue weighted by Crippen LogP contribution is -2.30. The van der Waals surface area contributed by atoms with Crippen molar-refractivity contribution in [3.63, 3.8) is 0 Å². The topological polar surface area (TPSA) is 73.7 Å². The van der Waals surface area contributed by atoms with Crippen LogP contribution in [0.4, 0.5) is 0 Å². The van der Waals surface area contributed by atoms with Crippen molar-refractivity contribution < 1.29 is 17.9 Å². The molecule has 7 nitrogen and oxygen atoms in total. The molecule has 8 heteroatoms. The summed E-state index contributed by atoms with van der Waals surface area (Å²) in [7, 11) is 1.14. The Morgan fingerprint density at radius 1 is 1.22 bits per heavy atom. The zero-order valence-corrected chi connectivity index (χ0v) is 14.5. The SMILES string of the molecule is CCN(Cc1cnn(C)c1)S(=O)(=O)c1ccc(OC)c(OC)c1. The molecule has 2 aromatic rings. The van der Waals surface area contributed by atoms with Gasteiger partial charge in [-0.1, -0.05) is 6.92 Å². The van der Waals surface area contributed by atoms with Crippen LogP contribution in [0, 0.1) is 0 Å². The lowest BCUT2D eigenvalue weighted by atomic mass is 10.3. The average Bonchev–Trinajstić information content (AvgIpc) is 2.96. The summed E-state index contributed by atoms with van der Waals surface area (Å²) in [5.41, 5.74) is 0.832. The van der Waals surface area contributed by atoms with Gasteiger partial charge in [0.05, 0.1) is 25.3 Å². The first-order valence-electron chi connectivity index (χ1n) is 7.12. The molecule has 0 aliphatic rings. The van der Waals surface area contributed by atoms with Gasteiger partial charge in [-0.25, -0.2) is 8.42 Å². The summed E-state index contributed by atoms with van der Waals surface area (Å²) in [5, 5.41) is 4.07. The van der Waals surface area contributed by atoms with E-state index in [1.165, 1.54) is 30.7 Å². The van der Waals surface area contributed by atoms with Gasteiger partial charge in [0.25, 0.3) is 0 Å². The first-order valence-corrected chi connectivity index (χ1v) is 8.56. The predicted octanol–water partition coefficient (Wildman–Crippen LogP) is 1.65. The average molecular weight is 339 g/mol. The maximum Gasteiger partial charge on any atom is 0.243 e. The first-order chi connectivity index (χ1) is 10.9. The van der Waals surface area contributed by atoms with Gasteiger partial charge in [-0.05, 0) is 12.1 Å². The van der Waals surface area contributed by atoms with Crippen molar-refractivity contribution in [2.45, 2.75) is 18.4 Å². The van der Waals surface area contributed by atoms with Crippen LogP contribution >= 0.6 is 0 Å². The molecule has 0 unspecified atom stereocenters. The van der Waals surface area contributed by atoms with Crippen LogP contribution < -0.4 is 9.47 Å². The standard InChI is InChI=1S/C15H21N3O4S/c1-5-18(11-12-9-16-17(2)10-12)23(19,20)13-6-7-14(21-3)15(8-13)22-4/h6-10H,5,11H2,1-4H3. The number of ether oxygens (including phenoxy) is 2. The predicted molar refractivity (Wildman–Crippen MR) is 86.0 cm³/mol. The Kier molecular flexibility index (Phi) is 5.27. The Morgan fingerprint density at radius 2 is 1.91 bits per heavy atom. The van der Waals surface area contributed by atoms with Crippen molar-refractivity contribution in [1.82, 2.24) is 14.1 Å². The van der Waals surface area contributed by atoms with Crippen molar-refractivity contribution in [3.05, 3.63) is 36.2 Å². The van der Waals surface area contributed by atoms with Gasteiger partial charge >= 0.3 is 0 Å². The number of aromatic nitrogens is 2. The molecule has 0 saturated carbocycles. The quantitative estimate of drug-likeness (QED) is 0.767. The zero-order valence-electron chi connectivity index (χ0n) is 13.7. The van der Waals surface area contributed by atoms with E-state index in [0.29, 0.717) is 18.0 Å². The maximum atomic E-state index is 12.8. The lowest BCUT2D eigenvalue weighted by molar-refractivity contribution is 0.353. The molecule has 0 saturated heterocycles. The molecule has 0 spiro atoms. The molecule has 0 bridgehead atoms. The number of rotatable bonds is 7. The highest BCUT2D eigenvalue weighted by molar-refractivity contribution is 7.89. The van der Waals surface area contributed by atoms with E-state index in [-0.39, 0.29) is 11.4 Å². The third kappa shape index (κ3) is 3.65. The molecule has 0 fully saturated rings. The fourth-order valence-electron chi connectivity index (χ4n) is 2.25. The lowest BCUT2D eigenvalue weighted by Gasteiger charge is -2.20. The molecule has 1 heterocycles. The van der Waals surface area contributed by atoms with Crippen LogP contribution in [0.25, 0.3) is 0 Å². The van der Waals surface area contributed by atoms with Gasteiger partial charge in [0.15, 0.2) is 11.5 Å². The molecule has 126 valence electrons. The molecule has 0 aliphatic heterocycles. The third-order valence-corrected chi connectivity index (χ3v) is 5.38. The smallest absolute Gasteiger partial charge is 0.243 e. The van der Waals surface area contributed by atoms with Gasteiger partial charge in [0, 0.05) is 38.0 Å². The molecule has 0 radical (unpaired) electrons. The van der Waals surface area contributed by atoms with Crippen LogP contribution in [0.3, 0.4) is 0 Å². The normalized spacial score (nSPS) is 11.7. The summed E-state index contributed by atoms with van der Waals surface area (Å²) in [6, 6.07) is 4.58. The Morgan fingerprint density at radius 3 is 2.43 bits per heavy atom. The van der Waals surface area contributed by atoms with E-state index >= 15 is 0 Å². The van der Waals surface area contributed by atoms with Crippen LogP contribution in [0.5, 0.6) is 11.5 Å². The van der Waals surface area contributed by atoms with Crippen molar-refractivity contribution >= 4 is 10.0 Å². The van der Waals surface area contributed by atoms with Gasteiger partial charge in [-0.15, -0.1) is 0 Å². The monoisotopic (exact) mass is 339 g/mol. The van der Waals surface area contributed by atoms with E-state index in [4.69, 9.17) is 9.47 Å². The summed E-state index contributed by atoms with van der Waals surface area (Å²) in [5.74, 6) is 0.868. The molecule has 1 aromatic heterocycles. The molecule has 0 atom stereocenters.